The molecule has 18 heavy (non-hydrogen) atoms. The van der Waals surface area contributed by atoms with Crippen LogP contribution >= 0.6 is 0 Å². The Balaban J connectivity index is 2.30. The van der Waals surface area contributed by atoms with Crippen LogP contribution in [0.25, 0.3) is 17.0 Å². The fourth-order valence-electron chi connectivity index (χ4n) is 2.47. The molecular weight excluding hydrogens is 230 g/mol. The van der Waals surface area contributed by atoms with Crippen LogP contribution in [0.4, 0.5) is 0 Å². The Bertz CT molecular complexity index is 741. The first-order chi connectivity index (χ1) is 8.66. The lowest BCUT2D eigenvalue weighted by atomic mass is 10.1. The largest absolute Gasteiger partial charge is 0.478 e. The molecule has 1 aromatic carbocycles. The Morgan fingerprint density at radius 3 is 3.00 bits per heavy atom. The normalized spacial score (nSPS) is 13.6. The number of aryl methyl sites for hydroxylation is 2. The number of benzene rings is 1. The molecule has 0 spiro atoms. The maximum absolute atomic E-state index is 12.2. The molecular formula is C14H11NO3. The maximum atomic E-state index is 12.2. The number of aliphatic carboxylic acids is 1. The van der Waals surface area contributed by atoms with E-state index < -0.39 is 5.97 Å². The molecule has 0 unspecified atom stereocenters. The second-order valence-corrected chi connectivity index (χ2v) is 4.33. The summed E-state index contributed by atoms with van der Waals surface area (Å²) in [6, 6.07) is 7.68. The molecule has 4 nitrogen and oxygen atoms in total. The number of pyridine rings is 1. The summed E-state index contributed by atoms with van der Waals surface area (Å²) < 4.78 is 1.73. The Morgan fingerprint density at radius 2 is 2.22 bits per heavy atom. The SMILES string of the molecule is O=C(O)/C=C/c1cc2cccc3c2n(c1=O)CC3. The number of rotatable bonds is 2. The van der Waals surface area contributed by atoms with E-state index in [4.69, 9.17) is 5.11 Å². The van der Waals surface area contributed by atoms with Crippen molar-refractivity contribution in [3.05, 3.63) is 51.8 Å². The van der Waals surface area contributed by atoms with Crippen LogP contribution in [0, 0.1) is 0 Å². The van der Waals surface area contributed by atoms with Crippen molar-refractivity contribution in [1.82, 2.24) is 4.57 Å². The Morgan fingerprint density at radius 1 is 1.39 bits per heavy atom. The van der Waals surface area contributed by atoms with Gasteiger partial charge in [-0.15, -0.1) is 0 Å². The van der Waals surface area contributed by atoms with E-state index in [1.54, 1.807) is 10.6 Å². The van der Waals surface area contributed by atoms with E-state index in [-0.39, 0.29) is 5.56 Å². The van der Waals surface area contributed by atoms with Gasteiger partial charge in [0.25, 0.3) is 5.56 Å². The van der Waals surface area contributed by atoms with Crippen molar-refractivity contribution in [2.24, 2.45) is 0 Å². The molecule has 1 aliphatic heterocycles. The van der Waals surface area contributed by atoms with Crippen LogP contribution in [0.15, 0.2) is 35.1 Å². The van der Waals surface area contributed by atoms with Crippen LogP contribution in [0.1, 0.15) is 11.1 Å². The summed E-state index contributed by atoms with van der Waals surface area (Å²) in [6.07, 6.45) is 3.21. The molecule has 1 N–H and O–H groups in total. The fourth-order valence-corrected chi connectivity index (χ4v) is 2.47. The molecule has 90 valence electrons. The highest BCUT2D eigenvalue weighted by Gasteiger charge is 2.16. The van der Waals surface area contributed by atoms with Gasteiger partial charge in [0.2, 0.25) is 0 Å². The van der Waals surface area contributed by atoms with E-state index >= 15 is 0 Å². The predicted molar refractivity (Wildman–Crippen MR) is 68.6 cm³/mol. The minimum Gasteiger partial charge on any atom is -0.478 e. The van der Waals surface area contributed by atoms with E-state index in [0.717, 1.165) is 23.4 Å². The van der Waals surface area contributed by atoms with Gasteiger partial charge in [-0.2, -0.15) is 0 Å². The molecule has 0 fully saturated rings. The lowest BCUT2D eigenvalue weighted by Gasteiger charge is -2.05. The third-order valence-corrected chi connectivity index (χ3v) is 3.23. The molecule has 0 saturated heterocycles. The van der Waals surface area contributed by atoms with Crippen molar-refractivity contribution in [3.8, 4) is 0 Å². The first-order valence-corrected chi connectivity index (χ1v) is 5.73. The van der Waals surface area contributed by atoms with Crippen molar-refractivity contribution in [2.75, 3.05) is 0 Å². The van der Waals surface area contributed by atoms with Crippen molar-refractivity contribution in [1.29, 1.82) is 0 Å². The summed E-state index contributed by atoms with van der Waals surface area (Å²) in [7, 11) is 0. The molecule has 1 aliphatic rings. The van der Waals surface area contributed by atoms with E-state index in [1.165, 1.54) is 11.6 Å². The van der Waals surface area contributed by atoms with Gasteiger partial charge in [-0.25, -0.2) is 4.79 Å². The topological polar surface area (TPSA) is 59.3 Å². The molecule has 1 aromatic heterocycles. The summed E-state index contributed by atoms with van der Waals surface area (Å²) in [5, 5.41) is 9.60. The third kappa shape index (κ3) is 1.54. The zero-order valence-electron chi connectivity index (χ0n) is 9.59. The van der Waals surface area contributed by atoms with E-state index in [0.29, 0.717) is 12.1 Å². The van der Waals surface area contributed by atoms with Gasteiger partial charge in [-0.3, -0.25) is 4.79 Å². The number of aromatic nitrogens is 1. The minimum atomic E-state index is -1.05. The molecule has 0 atom stereocenters. The quantitative estimate of drug-likeness (QED) is 0.813. The van der Waals surface area contributed by atoms with Gasteiger partial charge >= 0.3 is 5.97 Å². The number of hydrogen-bond donors (Lipinski definition) is 1. The number of carboxylic acid groups (broad SMARTS) is 1. The minimum absolute atomic E-state index is 0.120. The Hall–Kier alpha value is -2.36. The summed E-state index contributed by atoms with van der Waals surface area (Å²) >= 11 is 0. The van der Waals surface area contributed by atoms with Crippen LogP contribution in [0.5, 0.6) is 0 Å². The summed E-state index contributed by atoms with van der Waals surface area (Å²) in [6.45, 7) is 0.670. The number of para-hydroxylation sites is 1. The van der Waals surface area contributed by atoms with Crippen molar-refractivity contribution < 1.29 is 9.90 Å². The number of hydrogen-bond acceptors (Lipinski definition) is 2. The van der Waals surface area contributed by atoms with E-state index in [9.17, 15) is 9.59 Å². The zero-order chi connectivity index (χ0) is 12.7. The number of carbonyl (C=O) groups is 1. The van der Waals surface area contributed by atoms with Gasteiger partial charge < -0.3 is 9.67 Å². The first-order valence-electron chi connectivity index (χ1n) is 5.73. The summed E-state index contributed by atoms with van der Waals surface area (Å²) in [4.78, 5) is 22.7. The van der Waals surface area contributed by atoms with Gasteiger partial charge in [-0.05, 0) is 29.5 Å². The summed E-state index contributed by atoms with van der Waals surface area (Å²) in [5.74, 6) is -1.05. The molecule has 0 radical (unpaired) electrons. The van der Waals surface area contributed by atoms with E-state index in [1.807, 2.05) is 18.2 Å². The molecule has 2 heterocycles. The monoisotopic (exact) mass is 241 g/mol. The average molecular weight is 241 g/mol. The van der Waals surface area contributed by atoms with Gasteiger partial charge in [0, 0.05) is 18.2 Å². The van der Waals surface area contributed by atoms with Gasteiger partial charge in [0.15, 0.2) is 0 Å². The van der Waals surface area contributed by atoms with Crippen LogP contribution in [-0.4, -0.2) is 15.6 Å². The van der Waals surface area contributed by atoms with Crippen LogP contribution in [0.3, 0.4) is 0 Å². The Kier molecular flexibility index (Phi) is 2.30. The highest BCUT2D eigenvalue weighted by molar-refractivity contribution is 5.88. The maximum Gasteiger partial charge on any atom is 0.328 e. The van der Waals surface area contributed by atoms with Crippen LogP contribution < -0.4 is 5.56 Å². The number of carboxylic acids is 1. The highest BCUT2D eigenvalue weighted by atomic mass is 16.4. The van der Waals surface area contributed by atoms with Crippen molar-refractivity contribution in [3.63, 3.8) is 0 Å². The molecule has 3 rings (SSSR count). The third-order valence-electron chi connectivity index (χ3n) is 3.23. The molecule has 0 amide bonds. The van der Waals surface area contributed by atoms with Crippen molar-refractivity contribution >= 4 is 22.9 Å². The lowest BCUT2D eigenvalue weighted by Crippen LogP contribution is -2.20. The zero-order valence-corrected chi connectivity index (χ0v) is 9.59. The molecule has 0 aliphatic carbocycles. The molecule has 2 aromatic rings. The second-order valence-electron chi connectivity index (χ2n) is 4.33. The van der Waals surface area contributed by atoms with Crippen molar-refractivity contribution in [2.45, 2.75) is 13.0 Å². The smallest absolute Gasteiger partial charge is 0.328 e. The lowest BCUT2D eigenvalue weighted by molar-refractivity contribution is -0.131. The van der Waals surface area contributed by atoms with Gasteiger partial charge in [-0.1, -0.05) is 18.2 Å². The first kappa shape index (κ1) is 10.8. The molecule has 4 heteroatoms. The van der Waals surface area contributed by atoms with Crippen LogP contribution in [-0.2, 0) is 17.8 Å². The Labute approximate surface area is 103 Å². The standard InChI is InChI=1S/C14H11NO3/c16-12(17)5-4-11-8-10-3-1-2-9-6-7-15(13(9)10)14(11)18/h1-5,8H,6-7H2,(H,16,17)/b5-4+. The summed E-state index contributed by atoms with van der Waals surface area (Å²) in [5.41, 5.74) is 2.46. The predicted octanol–water partition coefficient (Wildman–Crippen LogP) is 1.66. The van der Waals surface area contributed by atoms with E-state index in [2.05, 4.69) is 0 Å². The highest BCUT2D eigenvalue weighted by Crippen LogP contribution is 2.24. The van der Waals surface area contributed by atoms with Gasteiger partial charge in [0.1, 0.15) is 0 Å². The molecule has 0 bridgehead atoms. The second kappa shape index (κ2) is 3.84. The van der Waals surface area contributed by atoms with Crippen LogP contribution in [0.2, 0.25) is 0 Å². The fraction of sp³-hybridized carbons (Fsp3) is 0.143. The number of nitrogens with zero attached hydrogens (tertiary/aromatic N) is 1. The average Bonchev–Trinajstić information content (AvgIpc) is 2.77. The van der Waals surface area contributed by atoms with Gasteiger partial charge in [0.05, 0.1) is 5.52 Å². The molecule has 0 saturated carbocycles.